The Morgan fingerprint density at radius 3 is 2.65 bits per heavy atom. The van der Waals surface area contributed by atoms with E-state index in [2.05, 4.69) is 50.4 Å². The topological polar surface area (TPSA) is 32.3 Å². The zero-order valence-corrected chi connectivity index (χ0v) is 11.0. The van der Waals surface area contributed by atoms with E-state index in [0.29, 0.717) is 6.04 Å². The highest BCUT2D eigenvalue weighted by Crippen LogP contribution is 2.40. The van der Waals surface area contributed by atoms with Crippen molar-refractivity contribution >= 4 is 0 Å². The third-order valence-corrected chi connectivity index (χ3v) is 4.26. The van der Waals surface area contributed by atoms with Crippen LogP contribution in [-0.2, 0) is 6.42 Å². The summed E-state index contributed by atoms with van der Waals surface area (Å²) in [5.74, 6) is 0. The largest absolute Gasteiger partial charge is 0.392 e. The third kappa shape index (κ3) is 2.53. The standard InChI is InChI=1S/C15H23NO/c1-11-6-4-5-7-12(11)8-9-16-13-10-14(17)15(13,2)3/h4-7,13-14,16-17H,8-10H2,1-3H3. The van der Waals surface area contributed by atoms with E-state index in [4.69, 9.17) is 0 Å². The second-order valence-electron chi connectivity index (χ2n) is 5.76. The van der Waals surface area contributed by atoms with Gasteiger partial charge in [0.15, 0.2) is 0 Å². The van der Waals surface area contributed by atoms with Gasteiger partial charge in [0.05, 0.1) is 6.10 Å². The van der Waals surface area contributed by atoms with Crippen LogP contribution in [0.3, 0.4) is 0 Å². The van der Waals surface area contributed by atoms with E-state index < -0.39 is 0 Å². The molecule has 0 aromatic heterocycles. The molecular weight excluding hydrogens is 210 g/mol. The smallest absolute Gasteiger partial charge is 0.0621 e. The first-order chi connectivity index (χ1) is 8.01. The average Bonchev–Trinajstić information content (AvgIpc) is 2.30. The zero-order chi connectivity index (χ0) is 12.5. The van der Waals surface area contributed by atoms with Crippen molar-refractivity contribution in [2.24, 2.45) is 5.41 Å². The predicted molar refractivity (Wildman–Crippen MR) is 71.1 cm³/mol. The van der Waals surface area contributed by atoms with Gasteiger partial charge in [-0.25, -0.2) is 0 Å². The van der Waals surface area contributed by atoms with Gasteiger partial charge in [-0.2, -0.15) is 0 Å². The maximum Gasteiger partial charge on any atom is 0.0621 e. The molecule has 0 spiro atoms. The molecule has 0 radical (unpaired) electrons. The van der Waals surface area contributed by atoms with Crippen molar-refractivity contribution in [3.8, 4) is 0 Å². The first-order valence-electron chi connectivity index (χ1n) is 6.48. The van der Waals surface area contributed by atoms with Gasteiger partial charge < -0.3 is 10.4 Å². The van der Waals surface area contributed by atoms with Crippen LogP contribution >= 0.6 is 0 Å². The average molecular weight is 233 g/mol. The van der Waals surface area contributed by atoms with Crippen LogP contribution in [-0.4, -0.2) is 23.8 Å². The Kier molecular flexibility index (Phi) is 3.55. The summed E-state index contributed by atoms with van der Waals surface area (Å²) in [6.45, 7) is 7.41. The molecule has 0 aliphatic heterocycles. The van der Waals surface area contributed by atoms with Gasteiger partial charge in [-0.15, -0.1) is 0 Å². The van der Waals surface area contributed by atoms with Crippen LogP contribution in [0.5, 0.6) is 0 Å². The first-order valence-corrected chi connectivity index (χ1v) is 6.48. The molecule has 0 saturated heterocycles. The molecular formula is C15H23NO. The van der Waals surface area contributed by atoms with Crippen molar-refractivity contribution < 1.29 is 5.11 Å². The minimum atomic E-state index is -0.140. The number of hydrogen-bond donors (Lipinski definition) is 2. The number of benzene rings is 1. The van der Waals surface area contributed by atoms with E-state index in [0.717, 1.165) is 19.4 Å². The fraction of sp³-hybridized carbons (Fsp3) is 0.600. The molecule has 1 aliphatic rings. The molecule has 0 bridgehead atoms. The van der Waals surface area contributed by atoms with Crippen LogP contribution in [0.1, 0.15) is 31.4 Å². The number of rotatable bonds is 4. The van der Waals surface area contributed by atoms with Gasteiger partial charge in [0.1, 0.15) is 0 Å². The van der Waals surface area contributed by atoms with Crippen LogP contribution in [0.4, 0.5) is 0 Å². The molecule has 2 N–H and O–H groups in total. The Hall–Kier alpha value is -0.860. The number of aliphatic hydroxyl groups excluding tert-OH is 1. The van der Waals surface area contributed by atoms with E-state index in [9.17, 15) is 5.11 Å². The van der Waals surface area contributed by atoms with Gasteiger partial charge in [0.2, 0.25) is 0 Å². The summed E-state index contributed by atoms with van der Waals surface area (Å²) in [5.41, 5.74) is 2.81. The van der Waals surface area contributed by atoms with Crippen LogP contribution in [0, 0.1) is 12.3 Å². The summed E-state index contributed by atoms with van der Waals surface area (Å²) in [5, 5.41) is 13.2. The maximum atomic E-state index is 9.67. The zero-order valence-electron chi connectivity index (χ0n) is 11.0. The van der Waals surface area contributed by atoms with E-state index in [-0.39, 0.29) is 11.5 Å². The third-order valence-electron chi connectivity index (χ3n) is 4.26. The Morgan fingerprint density at radius 1 is 1.35 bits per heavy atom. The molecule has 1 fully saturated rings. The van der Waals surface area contributed by atoms with Crippen molar-refractivity contribution in [3.05, 3.63) is 35.4 Å². The second-order valence-corrected chi connectivity index (χ2v) is 5.76. The highest BCUT2D eigenvalue weighted by molar-refractivity contribution is 5.25. The molecule has 2 atom stereocenters. The summed E-state index contributed by atoms with van der Waals surface area (Å²) in [6.07, 6.45) is 1.81. The van der Waals surface area contributed by atoms with Gasteiger partial charge in [0, 0.05) is 11.5 Å². The normalized spacial score (nSPS) is 26.6. The van der Waals surface area contributed by atoms with Crippen LogP contribution < -0.4 is 5.32 Å². The minimum absolute atomic E-state index is 0.0335. The maximum absolute atomic E-state index is 9.67. The first kappa shape index (κ1) is 12.6. The number of aryl methyl sites for hydroxylation is 1. The minimum Gasteiger partial charge on any atom is -0.392 e. The van der Waals surface area contributed by atoms with Crippen LogP contribution in [0.2, 0.25) is 0 Å². The van der Waals surface area contributed by atoms with Crippen molar-refractivity contribution in [2.75, 3.05) is 6.54 Å². The van der Waals surface area contributed by atoms with E-state index in [1.807, 2.05) is 0 Å². The summed E-state index contributed by atoms with van der Waals surface area (Å²) in [7, 11) is 0. The summed E-state index contributed by atoms with van der Waals surface area (Å²) in [6, 6.07) is 8.99. The van der Waals surface area contributed by atoms with Gasteiger partial charge in [-0.1, -0.05) is 38.1 Å². The molecule has 0 heterocycles. The van der Waals surface area contributed by atoms with Crippen LogP contribution in [0.25, 0.3) is 0 Å². The van der Waals surface area contributed by atoms with Crippen molar-refractivity contribution in [1.29, 1.82) is 0 Å². The van der Waals surface area contributed by atoms with Gasteiger partial charge >= 0.3 is 0 Å². The second kappa shape index (κ2) is 4.79. The van der Waals surface area contributed by atoms with E-state index in [1.54, 1.807) is 0 Å². The van der Waals surface area contributed by atoms with Crippen molar-refractivity contribution in [1.82, 2.24) is 5.32 Å². The van der Waals surface area contributed by atoms with E-state index >= 15 is 0 Å². The van der Waals surface area contributed by atoms with Crippen molar-refractivity contribution in [3.63, 3.8) is 0 Å². The Balaban J connectivity index is 1.80. The molecule has 2 unspecified atom stereocenters. The highest BCUT2D eigenvalue weighted by atomic mass is 16.3. The van der Waals surface area contributed by atoms with Gasteiger partial charge in [-0.3, -0.25) is 0 Å². The van der Waals surface area contributed by atoms with Crippen molar-refractivity contribution in [2.45, 2.75) is 45.8 Å². The summed E-state index contributed by atoms with van der Waals surface area (Å²) in [4.78, 5) is 0. The lowest BCUT2D eigenvalue weighted by Crippen LogP contribution is -2.60. The summed E-state index contributed by atoms with van der Waals surface area (Å²) < 4.78 is 0. The molecule has 94 valence electrons. The molecule has 2 nitrogen and oxygen atoms in total. The Bertz CT molecular complexity index is 386. The molecule has 0 amide bonds. The van der Waals surface area contributed by atoms with Crippen LogP contribution in [0.15, 0.2) is 24.3 Å². The molecule has 1 aromatic rings. The lowest BCUT2D eigenvalue weighted by molar-refractivity contribution is -0.0720. The van der Waals surface area contributed by atoms with Gasteiger partial charge in [-0.05, 0) is 37.4 Å². The monoisotopic (exact) mass is 233 g/mol. The summed E-state index contributed by atoms with van der Waals surface area (Å²) >= 11 is 0. The van der Waals surface area contributed by atoms with Gasteiger partial charge in [0.25, 0.3) is 0 Å². The molecule has 1 aromatic carbocycles. The highest BCUT2D eigenvalue weighted by Gasteiger charge is 2.46. The SMILES string of the molecule is Cc1ccccc1CCNC1CC(O)C1(C)C. The number of aliphatic hydroxyl groups is 1. The number of hydrogen-bond acceptors (Lipinski definition) is 2. The predicted octanol–water partition coefficient (Wildman–Crippen LogP) is 2.29. The Labute approximate surface area is 104 Å². The quantitative estimate of drug-likeness (QED) is 0.836. The molecule has 17 heavy (non-hydrogen) atoms. The fourth-order valence-electron chi connectivity index (χ4n) is 2.52. The number of nitrogens with one attached hydrogen (secondary N) is 1. The molecule has 2 rings (SSSR count). The fourth-order valence-corrected chi connectivity index (χ4v) is 2.52. The van der Waals surface area contributed by atoms with E-state index in [1.165, 1.54) is 11.1 Å². The Morgan fingerprint density at radius 2 is 2.06 bits per heavy atom. The molecule has 1 aliphatic carbocycles. The lowest BCUT2D eigenvalue weighted by atomic mass is 9.64. The molecule has 1 saturated carbocycles. The lowest BCUT2D eigenvalue weighted by Gasteiger charge is -2.49. The molecule has 2 heteroatoms.